The molecule has 3 heteroatoms. The number of unbranched alkanes of at least 4 members (excludes halogenated alkanes) is 7. The maximum atomic E-state index is 5.45. The van der Waals surface area contributed by atoms with Crippen LogP contribution in [0.5, 0.6) is 11.5 Å². The molecule has 0 amide bonds. The van der Waals surface area contributed by atoms with E-state index in [1.54, 1.807) is 14.2 Å². The zero-order valence-electron chi connectivity index (χ0n) is 16.5. The average molecular weight is 348 g/mol. The Kier molecular flexibility index (Phi) is 9.17. The maximum absolute atomic E-state index is 5.45. The molecule has 1 N–H and O–H groups in total. The second kappa shape index (κ2) is 11.4. The lowest BCUT2D eigenvalue weighted by Gasteiger charge is -2.26. The van der Waals surface area contributed by atoms with Crippen molar-refractivity contribution in [2.45, 2.75) is 83.6 Å². The Labute approximate surface area is 154 Å². The molecule has 0 radical (unpaired) electrons. The largest absolute Gasteiger partial charge is 0.493 e. The van der Waals surface area contributed by atoms with Crippen molar-refractivity contribution in [3.8, 4) is 11.5 Å². The van der Waals surface area contributed by atoms with Gasteiger partial charge in [-0.3, -0.25) is 0 Å². The van der Waals surface area contributed by atoms with Crippen molar-refractivity contribution in [3.63, 3.8) is 0 Å². The first-order chi connectivity index (χ1) is 12.3. The lowest BCUT2D eigenvalue weighted by Crippen LogP contribution is -2.35. The molecule has 0 spiro atoms. The van der Waals surface area contributed by atoms with Crippen LogP contribution in [-0.2, 0) is 12.8 Å². The molecule has 0 bridgehead atoms. The molecule has 3 nitrogen and oxygen atoms in total. The Balaban J connectivity index is 1.65. The highest BCUT2D eigenvalue weighted by Crippen LogP contribution is 2.34. The second-order valence-corrected chi connectivity index (χ2v) is 7.34. The van der Waals surface area contributed by atoms with Crippen molar-refractivity contribution in [1.82, 2.24) is 5.32 Å². The number of ether oxygens (including phenoxy) is 2. The van der Waals surface area contributed by atoms with Crippen molar-refractivity contribution < 1.29 is 9.47 Å². The SMILES string of the molecule is CCCCCCCCCCN[C@H]1CCc2cc(OC)c(OC)cc2C1. The summed E-state index contributed by atoms with van der Waals surface area (Å²) in [6.07, 6.45) is 14.5. The molecule has 2 rings (SSSR count). The number of hydrogen-bond acceptors (Lipinski definition) is 3. The molecule has 1 aromatic rings. The molecular formula is C22H37NO2. The predicted octanol–water partition coefficient (Wildman–Crippen LogP) is 5.29. The monoisotopic (exact) mass is 347 g/mol. The van der Waals surface area contributed by atoms with Crippen molar-refractivity contribution in [1.29, 1.82) is 0 Å². The molecule has 142 valence electrons. The third-order valence-electron chi connectivity index (χ3n) is 5.40. The molecule has 0 fully saturated rings. The number of rotatable bonds is 12. The van der Waals surface area contributed by atoms with Gasteiger partial charge in [0.2, 0.25) is 0 Å². The van der Waals surface area contributed by atoms with Crippen LogP contribution in [0.4, 0.5) is 0 Å². The van der Waals surface area contributed by atoms with Gasteiger partial charge in [-0.2, -0.15) is 0 Å². The van der Waals surface area contributed by atoms with Gasteiger partial charge in [-0.25, -0.2) is 0 Å². The lowest BCUT2D eigenvalue weighted by molar-refractivity contribution is 0.352. The Morgan fingerprint density at radius 2 is 1.48 bits per heavy atom. The minimum Gasteiger partial charge on any atom is -0.493 e. The van der Waals surface area contributed by atoms with Crippen LogP contribution in [0.3, 0.4) is 0 Å². The van der Waals surface area contributed by atoms with Crippen LogP contribution in [-0.4, -0.2) is 26.8 Å². The summed E-state index contributed by atoms with van der Waals surface area (Å²) < 4.78 is 10.9. The summed E-state index contributed by atoms with van der Waals surface area (Å²) in [5.74, 6) is 1.71. The minimum atomic E-state index is 0.607. The number of fused-ring (bicyclic) bond motifs is 1. The van der Waals surface area contributed by atoms with Gasteiger partial charge in [0.15, 0.2) is 11.5 Å². The summed E-state index contributed by atoms with van der Waals surface area (Å²) in [4.78, 5) is 0. The van der Waals surface area contributed by atoms with Crippen LogP contribution in [0.1, 0.15) is 75.8 Å². The van der Waals surface area contributed by atoms with E-state index in [1.165, 1.54) is 68.9 Å². The van der Waals surface area contributed by atoms with Gasteiger partial charge in [-0.1, -0.05) is 51.9 Å². The summed E-state index contributed by atoms with van der Waals surface area (Å²) in [7, 11) is 3.42. The normalized spacial score (nSPS) is 16.5. The molecule has 1 aromatic carbocycles. The van der Waals surface area contributed by atoms with Gasteiger partial charge in [0.1, 0.15) is 0 Å². The summed E-state index contributed by atoms with van der Waals surface area (Å²) in [5, 5.41) is 3.77. The van der Waals surface area contributed by atoms with Crippen molar-refractivity contribution in [2.24, 2.45) is 0 Å². The zero-order valence-corrected chi connectivity index (χ0v) is 16.5. The molecule has 0 unspecified atom stereocenters. The van der Waals surface area contributed by atoms with E-state index in [9.17, 15) is 0 Å². The molecule has 0 saturated heterocycles. The highest BCUT2D eigenvalue weighted by Gasteiger charge is 2.20. The topological polar surface area (TPSA) is 30.5 Å². The van der Waals surface area contributed by atoms with Crippen LogP contribution in [0.25, 0.3) is 0 Å². The molecule has 1 atom stereocenters. The fourth-order valence-electron chi connectivity index (χ4n) is 3.82. The standard InChI is InChI=1S/C22H37NO2/c1-4-5-6-7-8-9-10-11-14-23-20-13-12-18-16-21(24-2)22(25-3)17-19(18)15-20/h16-17,20,23H,4-15H2,1-3H3/t20-/m0/s1. The maximum Gasteiger partial charge on any atom is 0.161 e. The Hall–Kier alpha value is -1.22. The molecular weight excluding hydrogens is 310 g/mol. The van der Waals surface area contributed by atoms with Crippen molar-refractivity contribution in [3.05, 3.63) is 23.3 Å². The van der Waals surface area contributed by atoms with Gasteiger partial charge in [0.05, 0.1) is 14.2 Å². The first-order valence-electron chi connectivity index (χ1n) is 10.3. The van der Waals surface area contributed by atoms with E-state index in [2.05, 4.69) is 24.4 Å². The summed E-state index contributed by atoms with van der Waals surface area (Å²) >= 11 is 0. The highest BCUT2D eigenvalue weighted by atomic mass is 16.5. The minimum absolute atomic E-state index is 0.607. The average Bonchev–Trinajstić information content (AvgIpc) is 2.65. The third kappa shape index (κ3) is 6.54. The first kappa shape index (κ1) is 20.1. The Morgan fingerprint density at radius 1 is 0.880 bits per heavy atom. The van der Waals surface area contributed by atoms with Crippen LogP contribution in [0.2, 0.25) is 0 Å². The van der Waals surface area contributed by atoms with E-state index in [-0.39, 0.29) is 0 Å². The van der Waals surface area contributed by atoms with Crippen molar-refractivity contribution >= 4 is 0 Å². The Morgan fingerprint density at radius 3 is 2.12 bits per heavy atom. The highest BCUT2D eigenvalue weighted by molar-refractivity contribution is 5.48. The summed E-state index contributed by atoms with van der Waals surface area (Å²) in [5.41, 5.74) is 2.83. The quantitative estimate of drug-likeness (QED) is 0.521. The van der Waals surface area contributed by atoms with E-state index in [4.69, 9.17) is 9.47 Å². The number of nitrogens with one attached hydrogen (secondary N) is 1. The van der Waals surface area contributed by atoms with Crippen LogP contribution < -0.4 is 14.8 Å². The van der Waals surface area contributed by atoms with Gasteiger partial charge in [0, 0.05) is 6.04 Å². The summed E-state index contributed by atoms with van der Waals surface area (Å²) in [6, 6.07) is 4.93. The van der Waals surface area contributed by atoms with E-state index in [0.717, 1.165) is 30.9 Å². The Bertz CT molecular complexity index is 501. The molecule has 0 aliphatic heterocycles. The number of methoxy groups -OCH3 is 2. The van der Waals surface area contributed by atoms with Gasteiger partial charge in [0.25, 0.3) is 0 Å². The lowest BCUT2D eigenvalue weighted by atomic mass is 9.87. The molecule has 0 aromatic heterocycles. The fourth-order valence-corrected chi connectivity index (χ4v) is 3.82. The number of aryl methyl sites for hydroxylation is 1. The zero-order chi connectivity index (χ0) is 17.9. The van der Waals surface area contributed by atoms with Crippen LogP contribution >= 0.6 is 0 Å². The van der Waals surface area contributed by atoms with E-state index < -0.39 is 0 Å². The predicted molar refractivity (Wildman–Crippen MR) is 106 cm³/mol. The second-order valence-electron chi connectivity index (χ2n) is 7.34. The van der Waals surface area contributed by atoms with E-state index in [0.29, 0.717) is 6.04 Å². The fraction of sp³-hybridized carbons (Fsp3) is 0.727. The van der Waals surface area contributed by atoms with E-state index >= 15 is 0 Å². The number of hydrogen-bond donors (Lipinski definition) is 1. The first-order valence-corrected chi connectivity index (χ1v) is 10.3. The number of benzene rings is 1. The smallest absolute Gasteiger partial charge is 0.161 e. The van der Waals surface area contributed by atoms with Crippen LogP contribution in [0.15, 0.2) is 12.1 Å². The molecule has 0 saturated carbocycles. The van der Waals surface area contributed by atoms with E-state index in [1.807, 2.05) is 0 Å². The molecule has 25 heavy (non-hydrogen) atoms. The van der Waals surface area contributed by atoms with Crippen LogP contribution in [0, 0.1) is 0 Å². The molecule has 1 aliphatic carbocycles. The van der Waals surface area contributed by atoms with Gasteiger partial charge in [-0.15, -0.1) is 0 Å². The van der Waals surface area contributed by atoms with Crippen molar-refractivity contribution in [2.75, 3.05) is 20.8 Å². The van der Waals surface area contributed by atoms with Gasteiger partial charge >= 0.3 is 0 Å². The summed E-state index contributed by atoms with van der Waals surface area (Å²) in [6.45, 7) is 3.43. The van der Waals surface area contributed by atoms with Gasteiger partial charge < -0.3 is 14.8 Å². The van der Waals surface area contributed by atoms with Gasteiger partial charge in [-0.05, 0) is 55.5 Å². The molecule has 0 heterocycles. The molecule has 1 aliphatic rings. The third-order valence-corrected chi connectivity index (χ3v) is 5.40.